The van der Waals surface area contributed by atoms with Gasteiger partial charge in [-0.3, -0.25) is 0 Å². The highest BCUT2D eigenvalue weighted by molar-refractivity contribution is 5.98. The lowest BCUT2D eigenvalue weighted by atomic mass is 10.1. The summed E-state index contributed by atoms with van der Waals surface area (Å²) in [5, 5.41) is 4.02. The molecular weight excluding hydrogens is 454 g/mol. The Morgan fingerprint density at radius 2 is 1.83 bits per heavy atom. The predicted octanol–water partition coefficient (Wildman–Crippen LogP) is 3.96. The molecule has 2 aromatic carbocycles. The summed E-state index contributed by atoms with van der Waals surface area (Å²) in [4.78, 5) is 21.5. The van der Waals surface area contributed by atoms with E-state index in [1.165, 1.54) is 14.2 Å². The van der Waals surface area contributed by atoms with Crippen molar-refractivity contribution < 1.29 is 33.2 Å². The Morgan fingerprint density at radius 1 is 1.06 bits per heavy atom. The molecule has 0 aliphatic carbocycles. The average molecular weight is 482 g/mol. The number of hydrogen-bond donors (Lipinski definition) is 1. The van der Waals surface area contributed by atoms with E-state index in [4.69, 9.17) is 28.4 Å². The van der Waals surface area contributed by atoms with Crippen molar-refractivity contribution in [2.45, 2.75) is 20.4 Å². The van der Waals surface area contributed by atoms with Gasteiger partial charge in [-0.1, -0.05) is 6.07 Å². The van der Waals surface area contributed by atoms with Crippen molar-refractivity contribution >= 4 is 28.8 Å². The molecule has 3 aromatic rings. The van der Waals surface area contributed by atoms with Crippen LogP contribution >= 0.6 is 0 Å². The second kappa shape index (κ2) is 10.4. The smallest absolute Gasteiger partial charge is 0.333 e. The van der Waals surface area contributed by atoms with Crippen molar-refractivity contribution in [2.24, 2.45) is 0 Å². The molecule has 0 amide bonds. The highest BCUT2D eigenvalue weighted by Crippen LogP contribution is 2.44. The molecule has 1 aliphatic rings. The van der Waals surface area contributed by atoms with Crippen molar-refractivity contribution in [2.75, 3.05) is 40.0 Å². The molecule has 35 heavy (non-hydrogen) atoms. The van der Waals surface area contributed by atoms with Gasteiger partial charge in [-0.15, -0.1) is 0 Å². The highest BCUT2D eigenvalue weighted by atomic mass is 16.7. The fraction of sp³-hybridized carbons (Fsp3) is 0.320. The Bertz CT molecular complexity index is 1290. The van der Waals surface area contributed by atoms with Gasteiger partial charge in [-0.2, -0.15) is 0 Å². The van der Waals surface area contributed by atoms with Gasteiger partial charge in [-0.25, -0.2) is 14.8 Å². The molecule has 4 rings (SSSR count). The first-order valence-electron chi connectivity index (χ1n) is 11.0. The molecule has 0 unspecified atom stereocenters. The van der Waals surface area contributed by atoms with E-state index in [2.05, 4.69) is 15.3 Å². The molecule has 2 heterocycles. The number of methoxy groups -OCH3 is 3. The Morgan fingerprint density at radius 3 is 2.54 bits per heavy atom. The molecule has 1 aromatic heterocycles. The van der Waals surface area contributed by atoms with Crippen molar-refractivity contribution in [3.63, 3.8) is 0 Å². The zero-order valence-corrected chi connectivity index (χ0v) is 20.3. The molecule has 0 spiro atoms. The maximum Gasteiger partial charge on any atom is 0.333 e. The van der Waals surface area contributed by atoms with Crippen LogP contribution in [0.25, 0.3) is 17.0 Å². The van der Waals surface area contributed by atoms with E-state index >= 15 is 0 Å². The van der Waals surface area contributed by atoms with Gasteiger partial charge < -0.3 is 33.7 Å². The van der Waals surface area contributed by atoms with Crippen molar-refractivity contribution in [1.29, 1.82) is 0 Å². The van der Waals surface area contributed by atoms with Crippen molar-refractivity contribution in [1.82, 2.24) is 9.97 Å². The summed E-state index contributed by atoms with van der Waals surface area (Å²) in [5.74, 6) is 3.06. The molecule has 10 nitrogen and oxygen atoms in total. The molecule has 184 valence electrons. The van der Waals surface area contributed by atoms with Crippen LogP contribution in [0.2, 0.25) is 0 Å². The molecular formula is C25H27N3O7. The predicted molar refractivity (Wildman–Crippen MR) is 129 cm³/mol. The van der Waals surface area contributed by atoms with Crippen LogP contribution in [0.5, 0.6) is 28.7 Å². The maximum atomic E-state index is 12.2. The first-order chi connectivity index (χ1) is 17.0. The van der Waals surface area contributed by atoms with Gasteiger partial charge >= 0.3 is 5.97 Å². The van der Waals surface area contributed by atoms with Gasteiger partial charge in [0.1, 0.15) is 11.3 Å². The fourth-order valence-electron chi connectivity index (χ4n) is 3.68. The third-order valence-corrected chi connectivity index (χ3v) is 5.35. The topological polar surface area (TPSA) is 110 Å². The second-order valence-electron chi connectivity index (χ2n) is 7.56. The lowest BCUT2D eigenvalue weighted by molar-refractivity contribution is -0.138. The Balaban J connectivity index is 1.81. The lowest BCUT2D eigenvalue weighted by Gasteiger charge is -2.17. The largest absolute Gasteiger partial charge is 0.493 e. The SMILES string of the molecule is CCOC(=O)/C(C)=C\c1nc(NCc2ccc3c(c2)OCO3)c2cc(OC)c(OC)c(OC)c2n1. The third kappa shape index (κ3) is 4.86. The number of aromatic nitrogens is 2. The summed E-state index contributed by atoms with van der Waals surface area (Å²) in [6.07, 6.45) is 1.57. The number of ether oxygens (including phenoxy) is 6. The maximum absolute atomic E-state index is 12.2. The van der Waals surface area contributed by atoms with Gasteiger partial charge in [0.2, 0.25) is 12.5 Å². The van der Waals surface area contributed by atoms with Crippen LogP contribution in [-0.4, -0.2) is 50.7 Å². The zero-order valence-electron chi connectivity index (χ0n) is 20.3. The van der Waals surface area contributed by atoms with E-state index < -0.39 is 5.97 Å². The number of rotatable bonds is 9. The number of nitrogens with one attached hydrogen (secondary N) is 1. The van der Waals surface area contributed by atoms with Crippen LogP contribution < -0.4 is 29.0 Å². The minimum absolute atomic E-state index is 0.208. The fourth-order valence-corrected chi connectivity index (χ4v) is 3.68. The minimum Gasteiger partial charge on any atom is -0.493 e. The van der Waals surface area contributed by atoms with Crippen LogP contribution in [0.3, 0.4) is 0 Å². The Hall–Kier alpha value is -4.21. The highest BCUT2D eigenvalue weighted by Gasteiger charge is 2.21. The van der Waals surface area contributed by atoms with Crippen molar-refractivity contribution in [3.8, 4) is 28.7 Å². The average Bonchev–Trinajstić information content (AvgIpc) is 3.34. The van der Waals surface area contributed by atoms with Gasteiger partial charge in [0.25, 0.3) is 0 Å². The van der Waals surface area contributed by atoms with Crippen molar-refractivity contribution in [3.05, 3.63) is 41.2 Å². The molecule has 10 heteroatoms. The first-order valence-corrected chi connectivity index (χ1v) is 11.0. The summed E-state index contributed by atoms with van der Waals surface area (Å²) >= 11 is 0. The van der Waals surface area contributed by atoms with Crippen LogP contribution in [0.15, 0.2) is 29.8 Å². The van der Waals surface area contributed by atoms with Crippen LogP contribution in [0.4, 0.5) is 5.82 Å². The molecule has 1 aliphatic heterocycles. The summed E-state index contributed by atoms with van der Waals surface area (Å²) in [6.45, 7) is 4.33. The number of nitrogens with zero attached hydrogens (tertiary/aromatic N) is 2. The summed E-state index contributed by atoms with van der Waals surface area (Å²) < 4.78 is 32.6. The molecule has 0 saturated carbocycles. The number of fused-ring (bicyclic) bond motifs is 2. The number of hydrogen-bond acceptors (Lipinski definition) is 10. The molecule has 1 N–H and O–H groups in total. The normalized spacial score (nSPS) is 12.4. The number of benzene rings is 2. The number of anilines is 1. The number of carbonyl (C=O) groups is 1. The van der Waals surface area contributed by atoms with Crippen LogP contribution in [0.1, 0.15) is 25.2 Å². The molecule has 0 bridgehead atoms. The Labute approximate surface area is 202 Å². The van der Waals surface area contributed by atoms with E-state index in [0.717, 1.165) is 5.56 Å². The summed E-state index contributed by atoms with van der Waals surface area (Å²) in [6, 6.07) is 7.50. The molecule has 0 radical (unpaired) electrons. The van der Waals surface area contributed by atoms with E-state index in [0.29, 0.717) is 63.4 Å². The van der Waals surface area contributed by atoms with Gasteiger partial charge in [0, 0.05) is 12.1 Å². The lowest BCUT2D eigenvalue weighted by Crippen LogP contribution is -2.08. The standard InChI is InChI=1S/C25H27N3O7/c1-6-33-25(29)14(2)9-20-27-21-16(11-19(30-3)22(31-4)23(21)32-5)24(28-20)26-12-15-7-8-17-18(10-15)35-13-34-17/h7-11H,6,12-13H2,1-5H3,(H,26,27,28)/b14-9-. The third-order valence-electron chi connectivity index (χ3n) is 5.35. The van der Waals surface area contributed by atoms with Gasteiger partial charge in [0.05, 0.1) is 33.3 Å². The summed E-state index contributed by atoms with van der Waals surface area (Å²) in [5.41, 5.74) is 1.83. The monoisotopic (exact) mass is 481 g/mol. The number of carbonyl (C=O) groups excluding carboxylic acids is 1. The van der Waals surface area contributed by atoms with E-state index in [1.807, 2.05) is 18.2 Å². The summed E-state index contributed by atoms with van der Waals surface area (Å²) in [7, 11) is 4.60. The molecule has 0 fully saturated rings. The van der Waals surface area contributed by atoms with Crippen LogP contribution in [0, 0.1) is 0 Å². The number of esters is 1. The zero-order chi connectivity index (χ0) is 24.9. The van der Waals surface area contributed by atoms with E-state index in [1.54, 1.807) is 33.1 Å². The quantitative estimate of drug-likeness (QED) is 0.356. The Kier molecular flexibility index (Phi) is 7.09. The molecule has 0 saturated heterocycles. The van der Waals surface area contributed by atoms with E-state index in [9.17, 15) is 4.79 Å². The molecule has 0 atom stereocenters. The van der Waals surface area contributed by atoms with Gasteiger partial charge in [-0.05, 0) is 43.7 Å². The second-order valence-corrected chi connectivity index (χ2v) is 7.56. The van der Waals surface area contributed by atoms with Crippen LogP contribution in [-0.2, 0) is 16.1 Å². The van der Waals surface area contributed by atoms with Gasteiger partial charge in [0.15, 0.2) is 28.8 Å². The minimum atomic E-state index is -0.439. The van der Waals surface area contributed by atoms with E-state index in [-0.39, 0.29) is 13.4 Å². The first kappa shape index (κ1) is 23.9.